The van der Waals surface area contributed by atoms with E-state index < -0.39 is 0 Å². The fourth-order valence-corrected chi connectivity index (χ4v) is 2.33. The molecule has 18 heavy (non-hydrogen) atoms. The highest BCUT2D eigenvalue weighted by atomic mass is 16.1. The molecular weight excluding hydrogens is 230 g/mol. The summed E-state index contributed by atoms with van der Waals surface area (Å²) in [5, 5.41) is 9.50. The van der Waals surface area contributed by atoms with Crippen molar-refractivity contribution in [2.24, 2.45) is 5.92 Å². The highest BCUT2D eigenvalue weighted by Gasteiger charge is 2.20. The Bertz CT molecular complexity index is 401. The van der Waals surface area contributed by atoms with E-state index in [2.05, 4.69) is 27.5 Å². The molecule has 0 aromatic carbocycles. The molecular formula is C12H21N5O. The third kappa shape index (κ3) is 2.81. The van der Waals surface area contributed by atoms with Gasteiger partial charge in [-0.05, 0) is 45.8 Å². The Morgan fingerprint density at radius 3 is 2.78 bits per heavy atom. The molecule has 6 heteroatoms. The number of H-pyrrole nitrogens is 1. The molecule has 0 radical (unpaired) electrons. The average molecular weight is 251 g/mol. The minimum absolute atomic E-state index is 0.127. The second-order valence-electron chi connectivity index (χ2n) is 5.07. The molecule has 4 N–H and O–H groups in total. The smallest absolute Gasteiger partial charge is 0.256 e. The first-order chi connectivity index (χ1) is 8.58. The number of aryl methyl sites for hydroxylation is 1. The average Bonchev–Trinajstić information content (AvgIpc) is 2.68. The number of nitrogens with one attached hydrogen (secondary N) is 2. The lowest BCUT2D eigenvalue weighted by Crippen LogP contribution is -2.37. The van der Waals surface area contributed by atoms with Gasteiger partial charge in [-0.2, -0.15) is 5.10 Å². The quantitative estimate of drug-likeness (QED) is 0.724. The molecule has 6 nitrogen and oxygen atoms in total. The number of piperidine rings is 1. The summed E-state index contributed by atoms with van der Waals surface area (Å²) in [5.74, 6) is 0.713. The molecule has 100 valence electrons. The SMILES string of the molecule is Cc1[nH]nc(N)c1C(=O)NCC1CCN(C)CC1. The van der Waals surface area contributed by atoms with Crippen molar-refractivity contribution in [2.45, 2.75) is 19.8 Å². The monoisotopic (exact) mass is 251 g/mol. The number of nitrogens with two attached hydrogens (primary N) is 1. The molecule has 0 aliphatic carbocycles. The van der Waals surface area contributed by atoms with Crippen molar-refractivity contribution < 1.29 is 4.79 Å². The summed E-state index contributed by atoms with van der Waals surface area (Å²) in [6.07, 6.45) is 2.27. The molecule has 1 amide bonds. The largest absolute Gasteiger partial charge is 0.382 e. The van der Waals surface area contributed by atoms with Crippen molar-refractivity contribution in [1.82, 2.24) is 20.4 Å². The molecule has 0 unspecified atom stereocenters. The van der Waals surface area contributed by atoms with E-state index in [1.165, 1.54) is 0 Å². The first-order valence-corrected chi connectivity index (χ1v) is 6.35. The lowest BCUT2D eigenvalue weighted by Gasteiger charge is -2.28. The van der Waals surface area contributed by atoms with Crippen molar-refractivity contribution in [1.29, 1.82) is 0 Å². The molecule has 0 bridgehead atoms. The number of hydrogen-bond donors (Lipinski definition) is 3. The van der Waals surface area contributed by atoms with Crippen molar-refractivity contribution in [3.63, 3.8) is 0 Å². The number of carbonyl (C=O) groups is 1. The molecule has 1 saturated heterocycles. The van der Waals surface area contributed by atoms with Crippen LogP contribution in [0.15, 0.2) is 0 Å². The second kappa shape index (κ2) is 5.39. The van der Waals surface area contributed by atoms with E-state index in [4.69, 9.17) is 5.73 Å². The Balaban J connectivity index is 1.85. The van der Waals surface area contributed by atoms with Crippen LogP contribution < -0.4 is 11.1 Å². The van der Waals surface area contributed by atoms with Crippen LogP contribution in [-0.2, 0) is 0 Å². The summed E-state index contributed by atoms with van der Waals surface area (Å²) in [6, 6.07) is 0. The maximum atomic E-state index is 12.0. The standard InChI is InChI=1S/C12H21N5O/c1-8-10(11(13)16-15-8)12(18)14-7-9-3-5-17(2)6-4-9/h9H,3-7H2,1-2H3,(H,14,18)(H3,13,15,16). The molecule has 1 aromatic heterocycles. The van der Waals surface area contributed by atoms with Gasteiger partial charge in [-0.1, -0.05) is 0 Å². The van der Waals surface area contributed by atoms with Crippen molar-refractivity contribution in [3.05, 3.63) is 11.3 Å². The number of likely N-dealkylation sites (tertiary alicyclic amines) is 1. The topological polar surface area (TPSA) is 87.0 Å². The van der Waals surface area contributed by atoms with Gasteiger partial charge in [-0.3, -0.25) is 9.89 Å². The Morgan fingerprint density at radius 1 is 1.56 bits per heavy atom. The molecule has 1 aliphatic heterocycles. The number of amides is 1. The summed E-state index contributed by atoms with van der Waals surface area (Å²) in [4.78, 5) is 14.3. The second-order valence-corrected chi connectivity index (χ2v) is 5.07. The van der Waals surface area contributed by atoms with Gasteiger partial charge in [0.25, 0.3) is 5.91 Å². The number of aromatic amines is 1. The minimum Gasteiger partial charge on any atom is -0.382 e. The molecule has 0 atom stereocenters. The summed E-state index contributed by atoms with van der Waals surface area (Å²) in [5.41, 5.74) is 6.85. The van der Waals surface area contributed by atoms with Crippen molar-refractivity contribution in [3.8, 4) is 0 Å². The van der Waals surface area contributed by atoms with E-state index >= 15 is 0 Å². The Morgan fingerprint density at radius 2 is 2.22 bits per heavy atom. The van der Waals surface area contributed by atoms with Crippen LogP contribution in [-0.4, -0.2) is 47.7 Å². The fraction of sp³-hybridized carbons (Fsp3) is 0.667. The lowest BCUT2D eigenvalue weighted by atomic mass is 9.97. The molecule has 1 fully saturated rings. The van der Waals surface area contributed by atoms with Gasteiger partial charge >= 0.3 is 0 Å². The Labute approximate surface area is 107 Å². The summed E-state index contributed by atoms with van der Waals surface area (Å²) >= 11 is 0. The summed E-state index contributed by atoms with van der Waals surface area (Å²) < 4.78 is 0. The molecule has 2 heterocycles. The number of anilines is 1. The molecule has 1 aliphatic rings. The first kappa shape index (κ1) is 12.9. The van der Waals surface area contributed by atoms with Gasteiger partial charge in [0.15, 0.2) is 5.82 Å². The molecule has 1 aromatic rings. The van der Waals surface area contributed by atoms with Crippen LogP contribution in [0.5, 0.6) is 0 Å². The van der Waals surface area contributed by atoms with Crippen LogP contribution in [0, 0.1) is 12.8 Å². The zero-order valence-electron chi connectivity index (χ0n) is 11.0. The Hall–Kier alpha value is -1.56. The number of rotatable bonds is 3. The van der Waals surface area contributed by atoms with Crippen LogP contribution in [0.2, 0.25) is 0 Å². The van der Waals surface area contributed by atoms with E-state index in [-0.39, 0.29) is 11.7 Å². The number of nitrogen functional groups attached to an aromatic ring is 1. The van der Waals surface area contributed by atoms with E-state index in [1.807, 2.05) is 0 Å². The van der Waals surface area contributed by atoms with Crippen LogP contribution >= 0.6 is 0 Å². The lowest BCUT2D eigenvalue weighted by molar-refractivity contribution is 0.0939. The van der Waals surface area contributed by atoms with Crippen LogP contribution in [0.4, 0.5) is 5.82 Å². The predicted octanol–water partition coefficient (Wildman–Crippen LogP) is 0.372. The third-order valence-corrected chi connectivity index (χ3v) is 3.59. The zero-order chi connectivity index (χ0) is 13.1. The first-order valence-electron chi connectivity index (χ1n) is 6.35. The van der Waals surface area contributed by atoms with Crippen LogP contribution in [0.1, 0.15) is 28.9 Å². The van der Waals surface area contributed by atoms with Gasteiger partial charge in [-0.15, -0.1) is 0 Å². The highest BCUT2D eigenvalue weighted by molar-refractivity contribution is 5.99. The number of aromatic nitrogens is 2. The maximum absolute atomic E-state index is 12.0. The number of carbonyl (C=O) groups excluding carboxylic acids is 1. The molecule has 2 rings (SSSR count). The molecule has 0 spiro atoms. The van der Waals surface area contributed by atoms with E-state index in [0.29, 0.717) is 17.2 Å². The van der Waals surface area contributed by atoms with Crippen LogP contribution in [0.25, 0.3) is 0 Å². The van der Waals surface area contributed by atoms with E-state index in [9.17, 15) is 4.79 Å². The fourth-order valence-electron chi connectivity index (χ4n) is 2.33. The maximum Gasteiger partial charge on any atom is 0.256 e. The van der Waals surface area contributed by atoms with E-state index in [1.54, 1.807) is 6.92 Å². The van der Waals surface area contributed by atoms with Gasteiger partial charge < -0.3 is 16.0 Å². The number of nitrogens with zero attached hydrogens (tertiary/aromatic N) is 2. The van der Waals surface area contributed by atoms with Gasteiger partial charge in [0, 0.05) is 12.2 Å². The van der Waals surface area contributed by atoms with Gasteiger partial charge in [-0.25, -0.2) is 0 Å². The summed E-state index contributed by atoms with van der Waals surface area (Å²) in [6.45, 7) is 4.73. The third-order valence-electron chi connectivity index (χ3n) is 3.59. The number of hydrogen-bond acceptors (Lipinski definition) is 4. The zero-order valence-corrected chi connectivity index (χ0v) is 11.0. The predicted molar refractivity (Wildman–Crippen MR) is 70.3 cm³/mol. The van der Waals surface area contributed by atoms with Crippen molar-refractivity contribution in [2.75, 3.05) is 32.4 Å². The Kier molecular flexibility index (Phi) is 3.86. The minimum atomic E-state index is -0.127. The van der Waals surface area contributed by atoms with E-state index in [0.717, 1.165) is 32.5 Å². The highest BCUT2D eigenvalue weighted by Crippen LogP contribution is 2.16. The van der Waals surface area contributed by atoms with Gasteiger partial charge in [0.1, 0.15) is 5.56 Å². The molecule has 0 saturated carbocycles. The van der Waals surface area contributed by atoms with Crippen molar-refractivity contribution >= 4 is 11.7 Å². The van der Waals surface area contributed by atoms with Gasteiger partial charge in [0.2, 0.25) is 0 Å². The normalized spacial score (nSPS) is 17.9. The summed E-state index contributed by atoms with van der Waals surface area (Å²) in [7, 11) is 2.13. The van der Waals surface area contributed by atoms with Crippen LogP contribution in [0.3, 0.4) is 0 Å². The van der Waals surface area contributed by atoms with Gasteiger partial charge in [0.05, 0.1) is 0 Å².